The molecule has 0 heterocycles. The smallest absolute Gasteiger partial charge is 0.164 e. The molecule has 0 unspecified atom stereocenters. The second-order valence-electron chi connectivity index (χ2n) is 5.33. The van der Waals surface area contributed by atoms with Crippen molar-refractivity contribution in [1.29, 1.82) is 0 Å². The average molecular weight is 247 g/mol. The molecule has 18 heavy (non-hydrogen) atoms. The lowest BCUT2D eigenvalue weighted by molar-refractivity contribution is 0.0962. The molecule has 2 heteroatoms. The van der Waals surface area contributed by atoms with E-state index in [1.54, 1.807) is 0 Å². The summed E-state index contributed by atoms with van der Waals surface area (Å²) < 4.78 is 0. The van der Waals surface area contributed by atoms with Gasteiger partial charge in [0.2, 0.25) is 0 Å². The van der Waals surface area contributed by atoms with E-state index in [-0.39, 0.29) is 5.78 Å². The molecule has 0 fully saturated rings. The predicted molar refractivity (Wildman–Crippen MR) is 77.1 cm³/mol. The Morgan fingerprint density at radius 2 is 1.83 bits per heavy atom. The number of carbonyl (C=O) groups is 1. The van der Waals surface area contributed by atoms with Crippen LogP contribution in [0.3, 0.4) is 0 Å². The molecule has 0 aromatic heterocycles. The van der Waals surface area contributed by atoms with Gasteiger partial charge in [0, 0.05) is 25.1 Å². The Labute approximate surface area is 111 Å². The van der Waals surface area contributed by atoms with Gasteiger partial charge in [-0.2, -0.15) is 0 Å². The van der Waals surface area contributed by atoms with Crippen molar-refractivity contribution in [3.05, 3.63) is 35.4 Å². The van der Waals surface area contributed by atoms with Crippen molar-refractivity contribution in [2.24, 2.45) is 5.92 Å². The van der Waals surface area contributed by atoms with Gasteiger partial charge < -0.3 is 4.90 Å². The van der Waals surface area contributed by atoms with Crippen LogP contribution in [0.25, 0.3) is 0 Å². The molecule has 0 N–H and O–H groups in total. The molecule has 0 amide bonds. The Hall–Kier alpha value is -1.15. The van der Waals surface area contributed by atoms with E-state index in [0.717, 1.165) is 25.2 Å². The van der Waals surface area contributed by atoms with Gasteiger partial charge in [-0.1, -0.05) is 50.6 Å². The molecule has 100 valence electrons. The van der Waals surface area contributed by atoms with E-state index in [1.165, 1.54) is 5.56 Å². The van der Waals surface area contributed by atoms with Crippen LogP contribution in [-0.2, 0) is 0 Å². The van der Waals surface area contributed by atoms with Gasteiger partial charge in [0.05, 0.1) is 0 Å². The summed E-state index contributed by atoms with van der Waals surface area (Å²) in [6.45, 7) is 11.6. The molecule has 1 aromatic rings. The van der Waals surface area contributed by atoms with E-state index in [9.17, 15) is 4.79 Å². The lowest BCUT2D eigenvalue weighted by Crippen LogP contribution is -2.29. The summed E-state index contributed by atoms with van der Waals surface area (Å²) in [5, 5.41) is 0. The first-order valence-corrected chi connectivity index (χ1v) is 6.85. The van der Waals surface area contributed by atoms with Crippen molar-refractivity contribution in [2.75, 3.05) is 19.6 Å². The number of Topliss-reactive ketones (excluding diaryl/α,β-unsaturated/α-hetero) is 1. The highest BCUT2D eigenvalue weighted by molar-refractivity contribution is 5.96. The number of hydrogen-bond acceptors (Lipinski definition) is 2. The first-order chi connectivity index (χ1) is 8.52. The number of benzene rings is 1. The fraction of sp³-hybridized carbons (Fsp3) is 0.562. The highest BCUT2D eigenvalue weighted by atomic mass is 16.1. The maximum Gasteiger partial charge on any atom is 0.164 e. The van der Waals surface area contributed by atoms with Crippen LogP contribution < -0.4 is 0 Å². The summed E-state index contributed by atoms with van der Waals surface area (Å²) in [6, 6.07) is 7.85. The van der Waals surface area contributed by atoms with Crippen LogP contribution in [0.1, 0.15) is 43.1 Å². The monoisotopic (exact) mass is 247 g/mol. The molecule has 1 aromatic carbocycles. The first kappa shape index (κ1) is 14.9. The number of aryl methyl sites for hydroxylation is 1. The topological polar surface area (TPSA) is 20.3 Å². The van der Waals surface area contributed by atoms with Crippen LogP contribution in [0.5, 0.6) is 0 Å². The minimum atomic E-state index is 0.247. The molecular weight excluding hydrogens is 222 g/mol. The summed E-state index contributed by atoms with van der Waals surface area (Å²) in [7, 11) is 0. The molecule has 0 radical (unpaired) electrons. The Balaban J connectivity index is 2.47. The second kappa shape index (κ2) is 7.32. The SMILES string of the molecule is CCN(CCC(=O)c1ccc(C)cc1)CC(C)C. The minimum Gasteiger partial charge on any atom is -0.303 e. The third-order valence-electron chi connectivity index (χ3n) is 3.10. The summed E-state index contributed by atoms with van der Waals surface area (Å²) in [6.07, 6.45) is 0.615. The molecule has 1 rings (SSSR count). The van der Waals surface area contributed by atoms with Gasteiger partial charge in [-0.25, -0.2) is 0 Å². The van der Waals surface area contributed by atoms with Crippen molar-refractivity contribution in [3.8, 4) is 0 Å². The van der Waals surface area contributed by atoms with Crippen LogP contribution in [0.2, 0.25) is 0 Å². The van der Waals surface area contributed by atoms with Crippen LogP contribution in [-0.4, -0.2) is 30.3 Å². The van der Waals surface area contributed by atoms with Gasteiger partial charge in [-0.15, -0.1) is 0 Å². The van der Waals surface area contributed by atoms with Gasteiger partial charge in [0.1, 0.15) is 0 Å². The molecular formula is C16H25NO. The van der Waals surface area contributed by atoms with E-state index >= 15 is 0 Å². The number of nitrogens with zero attached hydrogens (tertiary/aromatic N) is 1. The van der Waals surface area contributed by atoms with E-state index in [0.29, 0.717) is 12.3 Å². The largest absolute Gasteiger partial charge is 0.303 e. The number of rotatable bonds is 7. The lowest BCUT2D eigenvalue weighted by Gasteiger charge is -2.21. The van der Waals surface area contributed by atoms with Crippen molar-refractivity contribution in [3.63, 3.8) is 0 Å². The number of ketones is 1. The van der Waals surface area contributed by atoms with Crippen molar-refractivity contribution in [2.45, 2.75) is 34.1 Å². The normalized spacial score (nSPS) is 11.2. The molecule has 0 aliphatic carbocycles. The molecule has 0 spiro atoms. The maximum absolute atomic E-state index is 12.0. The quantitative estimate of drug-likeness (QED) is 0.687. The van der Waals surface area contributed by atoms with Crippen LogP contribution in [0.15, 0.2) is 24.3 Å². The highest BCUT2D eigenvalue weighted by Gasteiger charge is 2.09. The summed E-state index contributed by atoms with van der Waals surface area (Å²) in [5.41, 5.74) is 2.03. The Morgan fingerprint density at radius 3 is 2.33 bits per heavy atom. The van der Waals surface area contributed by atoms with Crippen LogP contribution in [0.4, 0.5) is 0 Å². The Bertz CT molecular complexity index is 367. The number of carbonyl (C=O) groups excluding carboxylic acids is 1. The predicted octanol–water partition coefficient (Wildman–Crippen LogP) is 3.55. The van der Waals surface area contributed by atoms with E-state index in [4.69, 9.17) is 0 Å². The maximum atomic E-state index is 12.0. The second-order valence-corrected chi connectivity index (χ2v) is 5.33. The Kier molecular flexibility index (Phi) is 6.06. The zero-order valence-electron chi connectivity index (χ0n) is 12.1. The van der Waals surface area contributed by atoms with E-state index < -0.39 is 0 Å². The number of hydrogen-bond donors (Lipinski definition) is 0. The Morgan fingerprint density at radius 1 is 1.22 bits per heavy atom. The van der Waals surface area contributed by atoms with Gasteiger partial charge in [-0.05, 0) is 19.4 Å². The van der Waals surface area contributed by atoms with Crippen molar-refractivity contribution in [1.82, 2.24) is 4.90 Å². The first-order valence-electron chi connectivity index (χ1n) is 6.85. The van der Waals surface area contributed by atoms with Crippen molar-refractivity contribution >= 4 is 5.78 Å². The lowest BCUT2D eigenvalue weighted by atomic mass is 10.1. The summed E-state index contributed by atoms with van der Waals surface area (Å²) in [4.78, 5) is 14.4. The third-order valence-corrected chi connectivity index (χ3v) is 3.10. The van der Waals surface area contributed by atoms with E-state index in [2.05, 4.69) is 25.7 Å². The van der Waals surface area contributed by atoms with Crippen molar-refractivity contribution < 1.29 is 4.79 Å². The van der Waals surface area contributed by atoms with Gasteiger partial charge in [0.15, 0.2) is 5.78 Å². The molecule has 2 nitrogen and oxygen atoms in total. The van der Waals surface area contributed by atoms with Crippen LogP contribution in [0, 0.1) is 12.8 Å². The molecule has 0 saturated carbocycles. The van der Waals surface area contributed by atoms with Gasteiger partial charge >= 0.3 is 0 Å². The fourth-order valence-corrected chi connectivity index (χ4v) is 2.04. The fourth-order valence-electron chi connectivity index (χ4n) is 2.04. The molecule has 0 bridgehead atoms. The third kappa shape index (κ3) is 5.01. The summed E-state index contributed by atoms with van der Waals surface area (Å²) in [5.74, 6) is 0.900. The van der Waals surface area contributed by atoms with Gasteiger partial charge in [0.25, 0.3) is 0 Å². The van der Waals surface area contributed by atoms with Gasteiger partial charge in [-0.3, -0.25) is 4.79 Å². The molecule has 0 saturated heterocycles. The average Bonchev–Trinajstić information content (AvgIpc) is 2.34. The molecule has 0 aliphatic rings. The van der Waals surface area contributed by atoms with Crippen LogP contribution >= 0.6 is 0 Å². The molecule has 0 atom stereocenters. The zero-order chi connectivity index (χ0) is 13.5. The van der Waals surface area contributed by atoms with E-state index in [1.807, 2.05) is 31.2 Å². The standard InChI is InChI=1S/C16H25NO/c1-5-17(12-13(2)3)11-10-16(18)15-8-6-14(4)7-9-15/h6-9,13H,5,10-12H2,1-4H3. The zero-order valence-corrected chi connectivity index (χ0v) is 12.1. The molecule has 0 aliphatic heterocycles. The summed E-state index contributed by atoms with van der Waals surface area (Å²) >= 11 is 0. The minimum absolute atomic E-state index is 0.247. The highest BCUT2D eigenvalue weighted by Crippen LogP contribution is 2.07.